The highest BCUT2D eigenvalue weighted by molar-refractivity contribution is 7.98. The van der Waals surface area contributed by atoms with E-state index in [9.17, 15) is 4.79 Å². The van der Waals surface area contributed by atoms with Crippen LogP contribution >= 0.6 is 11.8 Å². The highest BCUT2D eigenvalue weighted by Crippen LogP contribution is 2.18. The van der Waals surface area contributed by atoms with Crippen LogP contribution < -0.4 is 5.56 Å². The van der Waals surface area contributed by atoms with Crippen molar-refractivity contribution in [2.75, 3.05) is 0 Å². The molecule has 0 atom stereocenters. The van der Waals surface area contributed by atoms with Crippen molar-refractivity contribution >= 4 is 34.8 Å². The Labute approximate surface area is 153 Å². The Balaban J connectivity index is 1.45. The average Bonchev–Trinajstić information content (AvgIpc) is 3.14. The molecule has 0 saturated carbocycles. The second-order valence-electron chi connectivity index (χ2n) is 5.57. The lowest BCUT2D eigenvalue weighted by Gasteiger charge is -2.01. The van der Waals surface area contributed by atoms with E-state index < -0.39 is 0 Å². The smallest absolute Gasteiger partial charge is 0.258 e. The number of nitrogens with zero attached hydrogens (tertiary/aromatic N) is 3. The predicted octanol–water partition coefficient (Wildman–Crippen LogP) is 3.50. The molecule has 2 aromatic heterocycles. The molecule has 26 heavy (non-hydrogen) atoms. The van der Waals surface area contributed by atoms with Crippen molar-refractivity contribution in [3.63, 3.8) is 0 Å². The minimum absolute atomic E-state index is 0.132. The summed E-state index contributed by atoms with van der Waals surface area (Å²) in [6, 6.07) is 17.3. The lowest BCUT2D eigenvalue weighted by atomic mass is 10.2. The fraction of sp³-hybridized carbons (Fsp3) is 0.0526. The molecular formula is C19H15N5OS. The highest BCUT2D eigenvalue weighted by Gasteiger charge is 2.06. The van der Waals surface area contributed by atoms with Gasteiger partial charge in [-0.15, -0.1) is 5.10 Å². The molecule has 0 aliphatic rings. The zero-order valence-electron chi connectivity index (χ0n) is 13.7. The van der Waals surface area contributed by atoms with Gasteiger partial charge in [0.2, 0.25) is 5.16 Å². The molecule has 128 valence electrons. The normalized spacial score (nSPS) is 11.4. The lowest BCUT2D eigenvalue weighted by molar-refractivity contribution is 0.965. The van der Waals surface area contributed by atoms with Crippen LogP contribution in [-0.4, -0.2) is 25.1 Å². The number of hydrogen-bond acceptors (Lipinski definition) is 5. The molecule has 0 aliphatic carbocycles. The largest absolute Gasteiger partial charge is 0.309 e. The first kappa shape index (κ1) is 16.3. The third kappa shape index (κ3) is 3.73. The van der Waals surface area contributed by atoms with E-state index in [0.29, 0.717) is 33.5 Å². The fourth-order valence-electron chi connectivity index (χ4n) is 2.47. The molecule has 4 aromatic rings. The van der Waals surface area contributed by atoms with Gasteiger partial charge >= 0.3 is 0 Å². The zero-order chi connectivity index (χ0) is 17.8. The number of thioether (sulfide) groups is 1. The topological polar surface area (TPSA) is 87.3 Å². The number of nitrogens with one attached hydrogen (secondary N) is 2. The van der Waals surface area contributed by atoms with Gasteiger partial charge < -0.3 is 4.98 Å². The SMILES string of the molecule is O=c1[nH]c(CSc2n[nH]c(/C=C/c3ccccc3)n2)nc2ccccc12. The van der Waals surface area contributed by atoms with Crippen molar-refractivity contribution in [3.8, 4) is 0 Å². The maximum Gasteiger partial charge on any atom is 0.258 e. The molecule has 0 aliphatic heterocycles. The van der Waals surface area contributed by atoms with E-state index in [1.54, 1.807) is 6.07 Å². The molecule has 2 heterocycles. The number of aromatic amines is 2. The van der Waals surface area contributed by atoms with E-state index in [1.165, 1.54) is 11.8 Å². The van der Waals surface area contributed by atoms with E-state index in [-0.39, 0.29) is 5.56 Å². The van der Waals surface area contributed by atoms with Gasteiger partial charge in [0.15, 0.2) is 0 Å². The first-order valence-corrected chi connectivity index (χ1v) is 9.03. The summed E-state index contributed by atoms with van der Waals surface area (Å²) in [4.78, 5) is 23.8. The first-order chi connectivity index (χ1) is 12.8. The fourth-order valence-corrected chi connectivity index (χ4v) is 3.15. The average molecular weight is 361 g/mol. The van der Waals surface area contributed by atoms with Gasteiger partial charge in [-0.3, -0.25) is 9.89 Å². The van der Waals surface area contributed by atoms with Crippen LogP contribution in [0.2, 0.25) is 0 Å². The van der Waals surface area contributed by atoms with Crippen molar-refractivity contribution in [3.05, 3.63) is 82.2 Å². The molecule has 6 nitrogen and oxygen atoms in total. The Bertz CT molecular complexity index is 1120. The summed E-state index contributed by atoms with van der Waals surface area (Å²) in [6.45, 7) is 0. The Kier molecular flexibility index (Phi) is 4.61. The quantitative estimate of drug-likeness (QED) is 0.531. The molecule has 0 bridgehead atoms. The van der Waals surface area contributed by atoms with Crippen molar-refractivity contribution in [2.24, 2.45) is 0 Å². The minimum atomic E-state index is -0.132. The van der Waals surface area contributed by atoms with Crippen LogP contribution in [0.1, 0.15) is 17.2 Å². The van der Waals surface area contributed by atoms with E-state index in [2.05, 4.69) is 25.1 Å². The summed E-state index contributed by atoms with van der Waals surface area (Å²) in [5.41, 5.74) is 1.65. The molecule has 0 radical (unpaired) electrons. The molecule has 0 fully saturated rings. The van der Waals surface area contributed by atoms with Crippen LogP contribution in [0.5, 0.6) is 0 Å². The van der Waals surface area contributed by atoms with Crippen LogP contribution in [0, 0.1) is 0 Å². The Hall–Kier alpha value is -3.19. The van der Waals surface area contributed by atoms with Gasteiger partial charge in [-0.05, 0) is 23.8 Å². The molecule has 0 spiro atoms. The molecule has 0 unspecified atom stereocenters. The number of para-hydroxylation sites is 1. The number of benzene rings is 2. The van der Waals surface area contributed by atoms with E-state index >= 15 is 0 Å². The minimum Gasteiger partial charge on any atom is -0.309 e. The number of hydrogen-bond donors (Lipinski definition) is 2. The second-order valence-corrected chi connectivity index (χ2v) is 6.51. The van der Waals surface area contributed by atoms with Gasteiger partial charge in [0, 0.05) is 0 Å². The van der Waals surface area contributed by atoms with E-state index in [4.69, 9.17) is 0 Å². The summed E-state index contributed by atoms with van der Waals surface area (Å²) in [6.07, 6.45) is 3.85. The zero-order valence-corrected chi connectivity index (χ0v) is 14.5. The molecule has 7 heteroatoms. The van der Waals surface area contributed by atoms with Gasteiger partial charge in [0.1, 0.15) is 11.6 Å². The van der Waals surface area contributed by atoms with Gasteiger partial charge in [-0.25, -0.2) is 9.97 Å². The van der Waals surface area contributed by atoms with Crippen LogP contribution in [0.3, 0.4) is 0 Å². The Morgan fingerprint density at radius 2 is 1.77 bits per heavy atom. The van der Waals surface area contributed by atoms with Crippen LogP contribution in [-0.2, 0) is 5.75 Å². The third-order valence-electron chi connectivity index (χ3n) is 3.72. The van der Waals surface area contributed by atoms with Crippen LogP contribution in [0.4, 0.5) is 0 Å². The summed E-state index contributed by atoms with van der Waals surface area (Å²) < 4.78 is 0. The molecule has 0 saturated heterocycles. The van der Waals surface area contributed by atoms with Crippen molar-refractivity contribution < 1.29 is 0 Å². The van der Waals surface area contributed by atoms with Gasteiger partial charge in [-0.2, -0.15) is 0 Å². The first-order valence-electron chi connectivity index (χ1n) is 8.04. The predicted molar refractivity (Wildman–Crippen MR) is 104 cm³/mol. The van der Waals surface area contributed by atoms with Gasteiger partial charge in [-0.1, -0.05) is 60.3 Å². The number of H-pyrrole nitrogens is 2. The highest BCUT2D eigenvalue weighted by atomic mass is 32.2. The standard InChI is InChI=1S/C19H15N5OS/c25-18-14-8-4-5-9-15(14)20-17(21-18)12-26-19-22-16(23-24-19)11-10-13-6-2-1-3-7-13/h1-11H,12H2,(H,20,21,25)(H,22,23,24)/b11-10+. The summed E-state index contributed by atoms with van der Waals surface area (Å²) in [5.74, 6) is 1.76. The Morgan fingerprint density at radius 3 is 2.65 bits per heavy atom. The molecule has 4 rings (SSSR count). The van der Waals surface area contributed by atoms with E-state index in [1.807, 2.05) is 60.7 Å². The number of rotatable bonds is 5. The van der Waals surface area contributed by atoms with Crippen LogP contribution in [0.15, 0.2) is 64.5 Å². The summed E-state index contributed by atoms with van der Waals surface area (Å²) >= 11 is 1.41. The molecule has 0 amide bonds. The Morgan fingerprint density at radius 1 is 0.962 bits per heavy atom. The summed E-state index contributed by atoms with van der Waals surface area (Å²) in [5, 5.41) is 8.27. The monoisotopic (exact) mass is 361 g/mol. The van der Waals surface area contributed by atoms with E-state index in [0.717, 1.165) is 5.56 Å². The maximum atomic E-state index is 12.1. The number of aromatic nitrogens is 5. The van der Waals surface area contributed by atoms with Gasteiger partial charge in [0.25, 0.3) is 5.56 Å². The molecular weight excluding hydrogens is 346 g/mol. The second kappa shape index (κ2) is 7.37. The molecule has 2 aromatic carbocycles. The number of fused-ring (bicyclic) bond motifs is 1. The maximum absolute atomic E-state index is 12.1. The van der Waals surface area contributed by atoms with Crippen molar-refractivity contribution in [1.82, 2.24) is 25.1 Å². The lowest BCUT2D eigenvalue weighted by Crippen LogP contribution is -2.11. The van der Waals surface area contributed by atoms with Crippen LogP contribution in [0.25, 0.3) is 23.1 Å². The molecule has 2 N–H and O–H groups in total. The van der Waals surface area contributed by atoms with Crippen molar-refractivity contribution in [1.29, 1.82) is 0 Å². The van der Waals surface area contributed by atoms with Gasteiger partial charge in [0.05, 0.1) is 16.7 Å². The summed E-state index contributed by atoms with van der Waals surface area (Å²) in [7, 11) is 0. The third-order valence-corrected chi connectivity index (χ3v) is 4.57. The van der Waals surface area contributed by atoms with Crippen molar-refractivity contribution in [2.45, 2.75) is 10.9 Å².